The van der Waals surface area contributed by atoms with Crippen molar-refractivity contribution in [3.05, 3.63) is 42.0 Å². The van der Waals surface area contributed by atoms with Crippen LogP contribution in [-0.2, 0) is 11.2 Å². The molecule has 1 heteroatoms. The summed E-state index contributed by atoms with van der Waals surface area (Å²) in [4.78, 5) is 11.0. The van der Waals surface area contributed by atoms with Crippen molar-refractivity contribution in [2.75, 3.05) is 0 Å². The van der Waals surface area contributed by atoms with E-state index in [1.54, 1.807) is 6.92 Å². The normalized spacial score (nSPS) is 12.1. The van der Waals surface area contributed by atoms with Crippen LogP contribution in [0.2, 0.25) is 0 Å². The first kappa shape index (κ1) is 15.7. The van der Waals surface area contributed by atoms with Crippen LogP contribution in [0, 0.1) is 5.92 Å². The Bertz CT molecular complexity index is 406. The lowest BCUT2D eigenvalue weighted by molar-refractivity contribution is -0.117. The number of ketones is 1. The lowest BCUT2D eigenvalue weighted by atomic mass is 9.89. The minimum absolute atomic E-state index is 0.309. The average molecular weight is 258 g/mol. The monoisotopic (exact) mass is 258 g/mol. The van der Waals surface area contributed by atoms with Crippen LogP contribution in [0.15, 0.2) is 30.8 Å². The highest BCUT2D eigenvalue weighted by Crippen LogP contribution is 2.21. The van der Waals surface area contributed by atoms with E-state index in [1.165, 1.54) is 24.0 Å². The van der Waals surface area contributed by atoms with Gasteiger partial charge in [0.1, 0.15) is 5.78 Å². The van der Waals surface area contributed by atoms with Crippen molar-refractivity contribution < 1.29 is 4.79 Å². The molecule has 0 N–H and O–H groups in total. The van der Waals surface area contributed by atoms with E-state index in [4.69, 9.17) is 0 Å². The molecule has 0 aliphatic carbocycles. The van der Waals surface area contributed by atoms with Gasteiger partial charge in [0.25, 0.3) is 0 Å². The van der Waals surface area contributed by atoms with Crippen molar-refractivity contribution in [2.24, 2.45) is 5.92 Å². The standard InChI is InChI=1S/C18H26O/c1-4-8-17(11-6-9-15(3)19)14-18-12-7-10-16(5-2)13-18/h5,7,10,12-13,17H,2,4,6,8-9,11,14H2,1,3H3. The molecule has 0 heterocycles. The van der Waals surface area contributed by atoms with E-state index >= 15 is 0 Å². The third kappa shape index (κ3) is 6.37. The zero-order valence-corrected chi connectivity index (χ0v) is 12.3. The molecule has 1 aromatic rings. The molecule has 1 rings (SSSR count). The summed E-state index contributed by atoms with van der Waals surface area (Å²) in [5.41, 5.74) is 2.58. The predicted octanol–water partition coefficient (Wildman–Crippen LogP) is 5.05. The van der Waals surface area contributed by atoms with Gasteiger partial charge in [0.05, 0.1) is 0 Å². The van der Waals surface area contributed by atoms with E-state index < -0.39 is 0 Å². The number of rotatable bonds is 9. The van der Waals surface area contributed by atoms with Crippen molar-refractivity contribution in [3.8, 4) is 0 Å². The van der Waals surface area contributed by atoms with Gasteiger partial charge in [0.15, 0.2) is 0 Å². The second-order valence-corrected chi connectivity index (χ2v) is 5.40. The summed E-state index contributed by atoms with van der Waals surface area (Å²) in [5.74, 6) is 1.01. The average Bonchev–Trinajstić information content (AvgIpc) is 2.38. The Balaban J connectivity index is 2.55. The summed E-state index contributed by atoms with van der Waals surface area (Å²) >= 11 is 0. The Kier molecular flexibility index (Phi) is 7.17. The van der Waals surface area contributed by atoms with Crippen LogP contribution < -0.4 is 0 Å². The molecule has 104 valence electrons. The van der Waals surface area contributed by atoms with E-state index in [2.05, 4.69) is 37.8 Å². The first-order valence-corrected chi connectivity index (χ1v) is 7.36. The molecule has 0 aliphatic heterocycles. The Morgan fingerprint density at radius 3 is 2.79 bits per heavy atom. The summed E-state index contributed by atoms with van der Waals surface area (Å²) in [5, 5.41) is 0. The largest absolute Gasteiger partial charge is 0.300 e. The zero-order valence-electron chi connectivity index (χ0n) is 12.3. The summed E-state index contributed by atoms with van der Waals surface area (Å²) in [6, 6.07) is 8.60. The number of carbonyl (C=O) groups excluding carboxylic acids is 1. The van der Waals surface area contributed by atoms with E-state index in [0.29, 0.717) is 11.7 Å². The molecule has 0 saturated carbocycles. The Morgan fingerprint density at radius 2 is 2.16 bits per heavy atom. The highest BCUT2D eigenvalue weighted by molar-refractivity contribution is 5.75. The molecule has 0 fully saturated rings. The van der Waals surface area contributed by atoms with Crippen molar-refractivity contribution in [1.29, 1.82) is 0 Å². The lowest BCUT2D eigenvalue weighted by Gasteiger charge is -2.16. The molecule has 1 aromatic carbocycles. The molecule has 1 atom stereocenters. The fraction of sp³-hybridized carbons (Fsp3) is 0.500. The van der Waals surface area contributed by atoms with E-state index in [9.17, 15) is 4.79 Å². The van der Waals surface area contributed by atoms with Gasteiger partial charge in [-0.3, -0.25) is 0 Å². The quantitative estimate of drug-likeness (QED) is 0.606. The van der Waals surface area contributed by atoms with Crippen LogP contribution in [0.1, 0.15) is 57.1 Å². The summed E-state index contributed by atoms with van der Waals surface area (Å²) in [7, 11) is 0. The topological polar surface area (TPSA) is 17.1 Å². The molecular formula is C18H26O. The number of carbonyl (C=O) groups is 1. The minimum Gasteiger partial charge on any atom is -0.300 e. The second kappa shape index (κ2) is 8.68. The van der Waals surface area contributed by atoms with Crippen molar-refractivity contribution in [1.82, 2.24) is 0 Å². The fourth-order valence-electron chi connectivity index (χ4n) is 2.58. The van der Waals surface area contributed by atoms with Crippen LogP contribution in [0.5, 0.6) is 0 Å². The van der Waals surface area contributed by atoms with Gasteiger partial charge in [-0.15, -0.1) is 0 Å². The van der Waals surface area contributed by atoms with Gasteiger partial charge in [-0.1, -0.05) is 56.7 Å². The summed E-state index contributed by atoms with van der Waals surface area (Å²) in [6.45, 7) is 7.74. The van der Waals surface area contributed by atoms with Gasteiger partial charge in [-0.25, -0.2) is 0 Å². The van der Waals surface area contributed by atoms with Gasteiger partial charge in [-0.05, 0) is 43.2 Å². The van der Waals surface area contributed by atoms with Crippen LogP contribution in [0.25, 0.3) is 6.08 Å². The Morgan fingerprint density at radius 1 is 1.37 bits per heavy atom. The fourth-order valence-corrected chi connectivity index (χ4v) is 2.58. The van der Waals surface area contributed by atoms with Gasteiger partial charge >= 0.3 is 0 Å². The van der Waals surface area contributed by atoms with Crippen LogP contribution in [0.4, 0.5) is 0 Å². The Hall–Kier alpha value is -1.37. The van der Waals surface area contributed by atoms with E-state index in [0.717, 1.165) is 25.7 Å². The van der Waals surface area contributed by atoms with E-state index in [1.807, 2.05) is 6.08 Å². The smallest absolute Gasteiger partial charge is 0.129 e. The molecule has 1 unspecified atom stereocenters. The molecule has 0 spiro atoms. The van der Waals surface area contributed by atoms with Crippen LogP contribution in [-0.4, -0.2) is 5.78 Å². The molecule has 0 amide bonds. The highest BCUT2D eigenvalue weighted by Gasteiger charge is 2.09. The maximum Gasteiger partial charge on any atom is 0.129 e. The number of Topliss-reactive ketones (excluding diaryl/α,β-unsaturated/α-hetero) is 1. The van der Waals surface area contributed by atoms with E-state index in [-0.39, 0.29) is 0 Å². The van der Waals surface area contributed by atoms with Crippen molar-refractivity contribution >= 4 is 11.9 Å². The van der Waals surface area contributed by atoms with Crippen LogP contribution >= 0.6 is 0 Å². The summed E-state index contributed by atoms with van der Waals surface area (Å²) < 4.78 is 0. The van der Waals surface area contributed by atoms with Crippen molar-refractivity contribution in [3.63, 3.8) is 0 Å². The molecule has 19 heavy (non-hydrogen) atoms. The third-order valence-corrected chi connectivity index (χ3v) is 3.55. The minimum atomic E-state index is 0.309. The van der Waals surface area contributed by atoms with Gasteiger partial charge in [0, 0.05) is 6.42 Å². The first-order chi connectivity index (χ1) is 9.15. The summed E-state index contributed by atoms with van der Waals surface area (Å²) in [6.07, 6.45) is 8.39. The van der Waals surface area contributed by atoms with Crippen LogP contribution in [0.3, 0.4) is 0 Å². The molecule has 0 aromatic heterocycles. The number of hydrogen-bond acceptors (Lipinski definition) is 1. The lowest BCUT2D eigenvalue weighted by Crippen LogP contribution is -2.06. The number of hydrogen-bond donors (Lipinski definition) is 0. The van der Waals surface area contributed by atoms with Crippen molar-refractivity contribution in [2.45, 2.75) is 52.4 Å². The molecule has 1 nitrogen and oxygen atoms in total. The molecule has 0 aliphatic rings. The molecule has 0 bridgehead atoms. The molecular weight excluding hydrogens is 232 g/mol. The first-order valence-electron chi connectivity index (χ1n) is 7.36. The predicted molar refractivity (Wildman–Crippen MR) is 83.2 cm³/mol. The SMILES string of the molecule is C=Cc1cccc(CC(CCC)CCCC(C)=O)c1. The maximum atomic E-state index is 11.0. The van der Waals surface area contributed by atoms with Gasteiger partial charge in [0.2, 0.25) is 0 Å². The number of benzene rings is 1. The molecule has 0 saturated heterocycles. The van der Waals surface area contributed by atoms with Gasteiger partial charge < -0.3 is 4.79 Å². The third-order valence-electron chi connectivity index (χ3n) is 3.55. The highest BCUT2D eigenvalue weighted by atomic mass is 16.1. The molecule has 0 radical (unpaired) electrons. The second-order valence-electron chi connectivity index (χ2n) is 5.40. The zero-order chi connectivity index (χ0) is 14.1. The maximum absolute atomic E-state index is 11.0. The van der Waals surface area contributed by atoms with Gasteiger partial charge in [-0.2, -0.15) is 0 Å². The Labute approximate surface area is 117 Å².